The van der Waals surface area contributed by atoms with Crippen molar-refractivity contribution in [3.05, 3.63) is 79.4 Å². The maximum Gasteiger partial charge on any atom is 0.333 e. The van der Waals surface area contributed by atoms with Gasteiger partial charge in [-0.1, -0.05) is 83.0 Å². The molecule has 0 heterocycles. The Bertz CT molecular complexity index is 719. The molecule has 0 spiro atoms. The number of benzene rings is 1. The summed E-state index contributed by atoms with van der Waals surface area (Å²) >= 11 is 0. The molecule has 7 nitrogen and oxygen atoms in total. The van der Waals surface area contributed by atoms with E-state index in [2.05, 4.69) is 35.8 Å². The zero-order chi connectivity index (χ0) is 27.5. The van der Waals surface area contributed by atoms with E-state index >= 15 is 0 Å². The molecule has 0 bridgehead atoms. The lowest BCUT2D eigenvalue weighted by Crippen LogP contribution is -2.08. The van der Waals surface area contributed by atoms with Gasteiger partial charge in [0.05, 0.1) is 19.8 Å². The number of aliphatic hydroxyl groups is 1. The summed E-state index contributed by atoms with van der Waals surface area (Å²) in [4.78, 5) is 31.4. The minimum absolute atomic E-state index is 0.0473. The van der Waals surface area contributed by atoms with Crippen LogP contribution in [0.25, 0.3) is 6.08 Å². The number of carbonyl (C=O) groups is 3. The Hall–Kier alpha value is -3.45. The number of hydrogen-bond donors (Lipinski definition) is 1. The second kappa shape index (κ2) is 26.8. The van der Waals surface area contributed by atoms with Crippen LogP contribution in [0.3, 0.4) is 0 Å². The second-order valence-corrected chi connectivity index (χ2v) is 6.90. The zero-order valence-corrected chi connectivity index (χ0v) is 21.7. The maximum absolute atomic E-state index is 10.6. The molecule has 0 fully saturated rings. The van der Waals surface area contributed by atoms with Crippen LogP contribution >= 0.6 is 0 Å². The smallest absolute Gasteiger partial charge is 0.333 e. The highest BCUT2D eigenvalue weighted by Crippen LogP contribution is 1.97. The van der Waals surface area contributed by atoms with Crippen molar-refractivity contribution in [1.29, 1.82) is 0 Å². The molecule has 7 heteroatoms. The summed E-state index contributed by atoms with van der Waals surface area (Å²) in [7, 11) is 0. The molecular weight excluding hydrogens is 448 g/mol. The first-order valence-corrected chi connectivity index (χ1v) is 11.3. The number of unbranched alkanes of at least 4 members (excludes halogenated alkanes) is 1. The fourth-order valence-electron chi connectivity index (χ4n) is 1.54. The molecule has 0 aromatic heterocycles. The summed E-state index contributed by atoms with van der Waals surface area (Å²) in [6, 6.07) is 10.0. The van der Waals surface area contributed by atoms with Gasteiger partial charge in [-0.15, -0.1) is 0 Å². The van der Waals surface area contributed by atoms with Crippen LogP contribution < -0.4 is 0 Å². The lowest BCUT2D eigenvalue weighted by atomic mass is 10.2. The van der Waals surface area contributed by atoms with Gasteiger partial charge in [-0.2, -0.15) is 0 Å². The summed E-state index contributed by atoms with van der Waals surface area (Å²) in [6.07, 6.45) is 5.85. The highest BCUT2D eigenvalue weighted by Gasteiger charge is 2.00. The molecule has 35 heavy (non-hydrogen) atoms. The van der Waals surface area contributed by atoms with Crippen molar-refractivity contribution in [2.45, 2.75) is 47.0 Å². The van der Waals surface area contributed by atoms with Crippen LogP contribution in [0.2, 0.25) is 0 Å². The third-order valence-electron chi connectivity index (χ3n) is 3.40. The van der Waals surface area contributed by atoms with E-state index < -0.39 is 5.97 Å². The predicted molar refractivity (Wildman–Crippen MR) is 142 cm³/mol. The third-order valence-corrected chi connectivity index (χ3v) is 3.40. The Balaban J connectivity index is -0.000000390. The molecule has 1 aromatic carbocycles. The molecule has 1 rings (SSSR count). The normalized spacial score (nSPS) is 8.60. The van der Waals surface area contributed by atoms with Crippen molar-refractivity contribution in [2.24, 2.45) is 0 Å². The first-order chi connectivity index (χ1) is 16.6. The largest absolute Gasteiger partial charge is 0.463 e. The highest BCUT2D eigenvalue weighted by atomic mass is 16.5. The van der Waals surface area contributed by atoms with Gasteiger partial charge < -0.3 is 19.3 Å². The van der Waals surface area contributed by atoms with Gasteiger partial charge in [-0.05, 0) is 32.3 Å². The van der Waals surface area contributed by atoms with Crippen molar-refractivity contribution in [1.82, 2.24) is 0 Å². The Morgan fingerprint density at radius 1 is 0.829 bits per heavy atom. The molecule has 0 aliphatic heterocycles. The lowest BCUT2D eigenvalue weighted by molar-refractivity contribution is -0.140. The monoisotopic (exact) mass is 490 g/mol. The molecule has 0 aliphatic carbocycles. The number of rotatable bonds is 11. The van der Waals surface area contributed by atoms with E-state index in [0.29, 0.717) is 24.4 Å². The summed E-state index contributed by atoms with van der Waals surface area (Å²) in [5.74, 6) is -1.08. The Morgan fingerprint density at radius 2 is 1.34 bits per heavy atom. The van der Waals surface area contributed by atoms with Gasteiger partial charge in [0.15, 0.2) is 0 Å². The van der Waals surface area contributed by atoms with Gasteiger partial charge in [0.1, 0.15) is 6.61 Å². The van der Waals surface area contributed by atoms with E-state index in [1.165, 1.54) is 11.6 Å². The SMILES string of the molecule is C=C(C)C(=O)OCCC.C=C(C)C(=O)OCCO.C=CC(=O)OCCCC.C=Cc1ccccc1. The first-order valence-electron chi connectivity index (χ1n) is 11.3. The Labute approximate surface area is 210 Å². The van der Waals surface area contributed by atoms with Crippen LogP contribution in [0.5, 0.6) is 0 Å². The molecule has 1 N–H and O–H groups in total. The number of carbonyl (C=O) groups excluding carboxylic acids is 3. The van der Waals surface area contributed by atoms with E-state index in [-0.39, 0.29) is 25.2 Å². The summed E-state index contributed by atoms with van der Waals surface area (Å²) in [5.41, 5.74) is 1.99. The van der Waals surface area contributed by atoms with Gasteiger partial charge in [0, 0.05) is 17.2 Å². The third kappa shape index (κ3) is 28.5. The van der Waals surface area contributed by atoms with Crippen LogP contribution in [-0.2, 0) is 28.6 Å². The maximum atomic E-state index is 10.6. The fourth-order valence-corrected chi connectivity index (χ4v) is 1.54. The minimum Gasteiger partial charge on any atom is -0.463 e. The summed E-state index contributed by atoms with van der Waals surface area (Å²) in [5, 5.41) is 8.19. The summed E-state index contributed by atoms with van der Waals surface area (Å²) < 4.78 is 13.9. The lowest BCUT2D eigenvalue weighted by Gasteiger charge is -1.99. The van der Waals surface area contributed by atoms with Gasteiger partial charge in [-0.25, -0.2) is 14.4 Å². The van der Waals surface area contributed by atoms with Crippen LogP contribution in [0.15, 0.2) is 73.9 Å². The molecule has 0 atom stereocenters. The molecule has 196 valence electrons. The standard InChI is InChI=1S/C8H8.2C7H12O2.C6H10O3/c1-2-8-6-4-3-5-7-8;1-4-5-9-7(8)6(2)3;1-3-5-6-9-7(8)4-2;1-5(2)6(8)9-4-3-7/h2-7H,1H2;2,4-5H2,1,3H3;4H,2-3,5-6H2,1H3;7H,1,3-4H2,2H3. The average Bonchev–Trinajstić information content (AvgIpc) is 2.87. The van der Waals surface area contributed by atoms with Crippen LogP contribution in [-0.4, -0.2) is 49.4 Å². The molecule has 0 unspecified atom stereocenters. The van der Waals surface area contributed by atoms with Gasteiger partial charge >= 0.3 is 17.9 Å². The zero-order valence-electron chi connectivity index (χ0n) is 21.7. The van der Waals surface area contributed by atoms with E-state index in [4.69, 9.17) is 9.84 Å². The van der Waals surface area contributed by atoms with Gasteiger partial charge in [0.25, 0.3) is 0 Å². The molecule has 0 aliphatic rings. The van der Waals surface area contributed by atoms with Crippen LogP contribution in [0.4, 0.5) is 0 Å². The van der Waals surface area contributed by atoms with Crippen LogP contribution in [0, 0.1) is 0 Å². The summed E-state index contributed by atoms with van der Waals surface area (Å²) in [6.45, 7) is 21.8. The van der Waals surface area contributed by atoms with Gasteiger partial charge in [0.2, 0.25) is 0 Å². The van der Waals surface area contributed by atoms with Crippen molar-refractivity contribution in [2.75, 3.05) is 26.4 Å². The van der Waals surface area contributed by atoms with E-state index in [0.717, 1.165) is 19.3 Å². The minimum atomic E-state index is -0.455. The van der Waals surface area contributed by atoms with Crippen molar-refractivity contribution >= 4 is 24.0 Å². The quantitative estimate of drug-likeness (QED) is 0.190. The Kier molecular flexibility index (Phi) is 27.7. The number of aliphatic hydroxyl groups excluding tert-OH is 1. The number of ether oxygens (including phenoxy) is 3. The van der Waals surface area contributed by atoms with E-state index in [1.54, 1.807) is 13.8 Å². The molecule has 0 amide bonds. The molecule has 0 saturated heterocycles. The van der Waals surface area contributed by atoms with Gasteiger partial charge in [-0.3, -0.25) is 0 Å². The van der Waals surface area contributed by atoms with Crippen molar-refractivity contribution in [3.8, 4) is 0 Å². The number of esters is 3. The second-order valence-electron chi connectivity index (χ2n) is 6.90. The van der Waals surface area contributed by atoms with E-state index in [9.17, 15) is 14.4 Å². The molecule has 0 saturated carbocycles. The topological polar surface area (TPSA) is 99.1 Å². The number of hydrogen-bond acceptors (Lipinski definition) is 7. The molecule has 0 radical (unpaired) electrons. The fraction of sp³-hybridized carbons (Fsp3) is 0.393. The predicted octanol–water partition coefficient (Wildman–Crippen LogP) is 5.46. The first kappa shape index (κ1) is 36.1. The average molecular weight is 491 g/mol. The van der Waals surface area contributed by atoms with Crippen LogP contribution in [0.1, 0.15) is 52.5 Å². The molecule has 1 aromatic rings. The highest BCUT2D eigenvalue weighted by molar-refractivity contribution is 5.87. The van der Waals surface area contributed by atoms with E-state index in [1.807, 2.05) is 50.3 Å². The van der Waals surface area contributed by atoms with Crippen molar-refractivity contribution in [3.63, 3.8) is 0 Å². The molecular formula is C28H42O7. The van der Waals surface area contributed by atoms with Crippen molar-refractivity contribution < 1.29 is 33.7 Å². The Morgan fingerprint density at radius 3 is 1.69 bits per heavy atom.